The van der Waals surface area contributed by atoms with E-state index in [2.05, 4.69) is 9.97 Å². The van der Waals surface area contributed by atoms with Crippen molar-refractivity contribution >= 4 is 17.7 Å². The van der Waals surface area contributed by atoms with Crippen LogP contribution in [0.5, 0.6) is 17.2 Å². The first kappa shape index (κ1) is 19.3. The SMILES string of the molecule is COc1cc(C2SCCC(=O)N2Cc2cnc(C)cn2)cc(OC)c1OC. The fourth-order valence-electron chi connectivity index (χ4n) is 2.99. The summed E-state index contributed by atoms with van der Waals surface area (Å²) in [5.41, 5.74) is 2.52. The van der Waals surface area contributed by atoms with E-state index in [1.807, 2.05) is 24.0 Å². The summed E-state index contributed by atoms with van der Waals surface area (Å²) in [4.78, 5) is 23.2. The predicted octanol–water partition coefficient (Wildman–Crippen LogP) is 2.98. The molecule has 0 N–H and O–H groups in total. The minimum Gasteiger partial charge on any atom is -0.493 e. The van der Waals surface area contributed by atoms with Gasteiger partial charge in [0.1, 0.15) is 5.37 Å². The molecular formula is C19H23N3O4S. The number of carbonyl (C=O) groups excluding carboxylic acids is 1. The Labute approximate surface area is 163 Å². The van der Waals surface area contributed by atoms with Crippen molar-refractivity contribution in [3.05, 3.63) is 41.5 Å². The molecule has 1 aliphatic rings. The maximum atomic E-state index is 12.7. The molecule has 1 aromatic heterocycles. The van der Waals surface area contributed by atoms with Crippen LogP contribution in [-0.4, -0.2) is 47.9 Å². The lowest BCUT2D eigenvalue weighted by Gasteiger charge is -2.35. The highest BCUT2D eigenvalue weighted by atomic mass is 32.2. The molecule has 0 aliphatic carbocycles. The van der Waals surface area contributed by atoms with Crippen LogP contribution < -0.4 is 14.2 Å². The second kappa shape index (κ2) is 8.47. The van der Waals surface area contributed by atoms with E-state index >= 15 is 0 Å². The Bertz CT molecular complexity index is 788. The molecule has 2 aromatic rings. The minimum absolute atomic E-state index is 0.0925. The van der Waals surface area contributed by atoms with Gasteiger partial charge in [-0.1, -0.05) is 0 Å². The number of benzene rings is 1. The van der Waals surface area contributed by atoms with Crippen LogP contribution in [-0.2, 0) is 11.3 Å². The number of methoxy groups -OCH3 is 3. The fourth-order valence-corrected chi connectivity index (χ4v) is 4.21. The lowest BCUT2D eigenvalue weighted by atomic mass is 10.1. The molecule has 144 valence electrons. The van der Waals surface area contributed by atoms with Gasteiger partial charge in [-0.25, -0.2) is 0 Å². The molecule has 0 bridgehead atoms. The summed E-state index contributed by atoms with van der Waals surface area (Å²) in [6, 6.07) is 3.79. The Hall–Kier alpha value is -2.48. The van der Waals surface area contributed by atoms with E-state index < -0.39 is 0 Å². The Morgan fingerprint density at radius 2 is 1.81 bits per heavy atom. The van der Waals surface area contributed by atoms with Crippen molar-refractivity contribution in [2.24, 2.45) is 0 Å². The molecule has 7 nitrogen and oxygen atoms in total. The molecule has 1 fully saturated rings. The number of aryl methyl sites for hydroxylation is 1. The van der Waals surface area contributed by atoms with Crippen LogP contribution in [0.2, 0.25) is 0 Å². The number of thioether (sulfide) groups is 1. The van der Waals surface area contributed by atoms with Gasteiger partial charge in [0.25, 0.3) is 0 Å². The molecule has 0 radical (unpaired) electrons. The quantitative estimate of drug-likeness (QED) is 0.752. The Balaban J connectivity index is 1.96. The highest BCUT2D eigenvalue weighted by Gasteiger charge is 2.31. The molecule has 2 heterocycles. The molecule has 0 saturated carbocycles. The zero-order valence-electron chi connectivity index (χ0n) is 15.9. The zero-order valence-corrected chi connectivity index (χ0v) is 16.7. The average molecular weight is 389 g/mol. The summed E-state index contributed by atoms with van der Waals surface area (Å²) in [5.74, 6) is 2.53. The maximum absolute atomic E-state index is 12.7. The topological polar surface area (TPSA) is 73.8 Å². The van der Waals surface area contributed by atoms with E-state index in [0.717, 1.165) is 22.7 Å². The first-order chi connectivity index (χ1) is 13.1. The summed E-state index contributed by atoms with van der Waals surface area (Å²) in [6.07, 6.45) is 3.93. The molecule has 1 atom stereocenters. The summed E-state index contributed by atoms with van der Waals surface area (Å²) >= 11 is 1.71. The second-order valence-corrected chi connectivity index (χ2v) is 7.29. The van der Waals surface area contributed by atoms with Gasteiger partial charge in [0, 0.05) is 18.4 Å². The van der Waals surface area contributed by atoms with Crippen LogP contribution >= 0.6 is 11.8 Å². The van der Waals surface area contributed by atoms with Crippen molar-refractivity contribution in [1.29, 1.82) is 0 Å². The van der Waals surface area contributed by atoms with Gasteiger partial charge in [-0.05, 0) is 24.6 Å². The minimum atomic E-state index is -0.164. The molecule has 0 spiro atoms. The second-order valence-electron chi connectivity index (χ2n) is 6.10. The average Bonchev–Trinajstić information content (AvgIpc) is 2.69. The van der Waals surface area contributed by atoms with E-state index in [1.165, 1.54) is 0 Å². The Kier molecular flexibility index (Phi) is 6.05. The molecule has 3 rings (SSSR count). The highest BCUT2D eigenvalue weighted by molar-refractivity contribution is 7.99. The first-order valence-corrected chi connectivity index (χ1v) is 9.60. The summed E-state index contributed by atoms with van der Waals surface area (Å²) in [6.45, 7) is 2.29. The third-order valence-electron chi connectivity index (χ3n) is 4.33. The van der Waals surface area contributed by atoms with Crippen molar-refractivity contribution in [1.82, 2.24) is 14.9 Å². The van der Waals surface area contributed by atoms with Crippen molar-refractivity contribution in [2.75, 3.05) is 27.1 Å². The van der Waals surface area contributed by atoms with Gasteiger partial charge < -0.3 is 19.1 Å². The van der Waals surface area contributed by atoms with Crippen molar-refractivity contribution in [3.8, 4) is 17.2 Å². The van der Waals surface area contributed by atoms with Crippen LogP contribution in [0.1, 0.15) is 28.7 Å². The lowest BCUT2D eigenvalue weighted by Crippen LogP contribution is -2.37. The van der Waals surface area contributed by atoms with Crippen LogP contribution in [0.15, 0.2) is 24.5 Å². The number of hydrogen-bond donors (Lipinski definition) is 0. The van der Waals surface area contributed by atoms with Gasteiger partial charge in [-0.3, -0.25) is 14.8 Å². The molecular weight excluding hydrogens is 366 g/mol. The lowest BCUT2D eigenvalue weighted by molar-refractivity contribution is -0.132. The molecule has 1 amide bonds. The monoisotopic (exact) mass is 389 g/mol. The largest absolute Gasteiger partial charge is 0.493 e. The van der Waals surface area contributed by atoms with Gasteiger partial charge in [0.2, 0.25) is 11.7 Å². The normalized spacial score (nSPS) is 17.0. The number of aromatic nitrogens is 2. The van der Waals surface area contributed by atoms with Gasteiger partial charge in [-0.15, -0.1) is 11.8 Å². The van der Waals surface area contributed by atoms with E-state index in [0.29, 0.717) is 30.2 Å². The molecule has 27 heavy (non-hydrogen) atoms. The van der Waals surface area contributed by atoms with Crippen LogP contribution in [0.3, 0.4) is 0 Å². The first-order valence-electron chi connectivity index (χ1n) is 8.56. The number of hydrogen-bond acceptors (Lipinski definition) is 7. The van der Waals surface area contributed by atoms with Gasteiger partial charge >= 0.3 is 0 Å². The van der Waals surface area contributed by atoms with E-state index in [-0.39, 0.29) is 11.3 Å². The predicted molar refractivity (Wildman–Crippen MR) is 103 cm³/mol. The highest BCUT2D eigenvalue weighted by Crippen LogP contribution is 2.45. The number of amides is 1. The fraction of sp³-hybridized carbons (Fsp3) is 0.421. The van der Waals surface area contributed by atoms with Crippen molar-refractivity contribution in [2.45, 2.75) is 25.3 Å². The van der Waals surface area contributed by atoms with Gasteiger partial charge in [0.05, 0.1) is 45.5 Å². The van der Waals surface area contributed by atoms with Gasteiger partial charge in [-0.2, -0.15) is 0 Å². The van der Waals surface area contributed by atoms with E-state index in [9.17, 15) is 4.79 Å². The number of ether oxygens (including phenoxy) is 3. The summed E-state index contributed by atoms with van der Waals surface area (Å²) in [7, 11) is 4.74. The molecule has 8 heteroatoms. The Morgan fingerprint density at radius 3 is 2.37 bits per heavy atom. The smallest absolute Gasteiger partial charge is 0.224 e. The van der Waals surface area contributed by atoms with Crippen LogP contribution in [0.25, 0.3) is 0 Å². The van der Waals surface area contributed by atoms with Crippen LogP contribution in [0.4, 0.5) is 0 Å². The molecule has 1 aliphatic heterocycles. The third-order valence-corrected chi connectivity index (χ3v) is 5.62. The van der Waals surface area contributed by atoms with Gasteiger partial charge in [0.15, 0.2) is 11.5 Å². The van der Waals surface area contributed by atoms with E-state index in [1.54, 1.807) is 45.5 Å². The maximum Gasteiger partial charge on any atom is 0.224 e. The van der Waals surface area contributed by atoms with Crippen molar-refractivity contribution in [3.63, 3.8) is 0 Å². The number of rotatable bonds is 6. The summed E-state index contributed by atoms with van der Waals surface area (Å²) < 4.78 is 16.3. The molecule has 1 aromatic carbocycles. The third kappa shape index (κ3) is 4.10. The standard InChI is InChI=1S/C19H23N3O4S/c1-12-9-21-14(10-20-12)11-22-17(23)5-6-27-19(22)13-7-15(24-2)18(26-4)16(8-13)25-3/h7-10,19H,5-6,11H2,1-4H3. The molecule has 1 unspecified atom stereocenters. The molecule has 1 saturated heterocycles. The number of nitrogens with zero attached hydrogens (tertiary/aromatic N) is 3. The van der Waals surface area contributed by atoms with Crippen LogP contribution in [0, 0.1) is 6.92 Å². The number of carbonyl (C=O) groups is 1. The van der Waals surface area contributed by atoms with Crippen molar-refractivity contribution < 1.29 is 19.0 Å². The zero-order chi connectivity index (χ0) is 19.4. The summed E-state index contributed by atoms with van der Waals surface area (Å²) in [5, 5.41) is -0.164. The van der Waals surface area contributed by atoms with E-state index in [4.69, 9.17) is 14.2 Å². The Morgan fingerprint density at radius 1 is 1.11 bits per heavy atom.